The van der Waals surface area contributed by atoms with E-state index in [9.17, 15) is 4.79 Å². The van der Waals surface area contributed by atoms with Gasteiger partial charge in [-0.05, 0) is 36.5 Å². The number of rotatable bonds is 3. The van der Waals surface area contributed by atoms with Gasteiger partial charge >= 0.3 is 0 Å². The summed E-state index contributed by atoms with van der Waals surface area (Å²) in [5.74, 6) is 1.23. The molecule has 1 aliphatic rings. The van der Waals surface area contributed by atoms with Gasteiger partial charge in [-0.25, -0.2) is 4.98 Å². The highest BCUT2D eigenvalue weighted by Crippen LogP contribution is 2.39. The fourth-order valence-electron chi connectivity index (χ4n) is 4.64. The summed E-state index contributed by atoms with van der Waals surface area (Å²) >= 11 is 1.46. The van der Waals surface area contributed by atoms with Crippen LogP contribution < -0.4 is 5.73 Å². The maximum Gasteiger partial charge on any atom is 0.290 e. The summed E-state index contributed by atoms with van der Waals surface area (Å²) in [4.78, 5) is 26.3. The Morgan fingerprint density at radius 1 is 1.19 bits per heavy atom. The van der Waals surface area contributed by atoms with Crippen molar-refractivity contribution < 1.29 is 19.1 Å². The molecular formula is C26H28N6O4S. The molecule has 0 atom stereocenters. The number of piperidine rings is 1. The first-order chi connectivity index (χ1) is 17.5. The Balaban J connectivity index is 0.000000765. The van der Waals surface area contributed by atoms with Crippen LogP contribution >= 0.6 is 11.5 Å². The number of carboxylic acid groups (broad SMARTS) is 1. The molecule has 192 valence electrons. The Morgan fingerprint density at radius 2 is 1.95 bits per heavy atom. The van der Waals surface area contributed by atoms with Gasteiger partial charge in [0, 0.05) is 66.1 Å². The number of nitrogens with two attached hydrogens (primary N) is 1. The molecule has 0 spiro atoms. The SMILES string of the molecule is C.CC(=O)N1CCC(n2cc(-c3cnc(N)c4oc(-c5cccc6sncc56)cc34)cn2)CC1.O=CO. The number of hydrogen-bond acceptors (Lipinski definition) is 8. The Labute approximate surface area is 217 Å². The maximum atomic E-state index is 11.6. The topological polar surface area (TPSA) is 140 Å². The second-order valence-electron chi connectivity index (χ2n) is 8.51. The van der Waals surface area contributed by atoms with Crippen molar-refractivity contribution in [2.75, 3.05) is 18.8 Å². The summed E-state index contributed by atoms with van der Waals surface area (Å²) in [5.41, 5.74) is 9.63. The minimum absolute atomic E-state index is 0. The van der Waals surface area contributed by atoms with E-state index < -0.39 is 0 Å². The van der Waals surface area contributed by atoms with E-state index in [4.69, 9.17) is 20.1 Å². The van der Waals surface area contributed by atoms with Crippen LogP contribution in [0.15, 0.2) is 53.5 Å². The third-order valence-electron chi connectivity index (χ3n) is 6.45. The molecule has 0 unspecified atom stereocenters. The molecule has 1 aliphatic heterocycles. The van der Waals surface area contributed by atoms with Crippen LogP contribution in [-0.4, -0.2) is 54.6 Å². The number of pyridine rings is 1. The van der Waals surface area contributed by atoms with Gasteiger partial charge in [-0.15, -0.1) is 0 Å². The van der Waals surface area contributed by atoms with Crippen LogP contribution in [0.25, 0.3) is 43.5 Å². The lowest BCUT2D eigenvalue weighted by Gasteiger charge is -2.31. The minimum atomic E-state index is -0.250. The molecule has 1 saturated heterocycles. The van der Waals surface area contributed by atoms with E-state index in [2.05, 4.69) is 26.7 Å². The van der Waals surface area contributed by atoms with E-state index in [0.29, 0.717) is 11.4 Å². The zero-order valence-electron chi connectivity index (χ0n) is 19.5. The second-order valence-corrected chi connectivity index (χ2v) is 9.34. The van der Waals surface area contributed by atoms with E-state index in [0.717, 1.165) is 63.9 Å². The molecular weight excluding hydrogens is 492 g/mol. The molecule has 11 heteroatoms. The lowest BCUT2D eigenvalue weighted by atomic mass is 10.0. The van der Waals surface area contributed by atoms with Gasteiger partial charge in [-0.3, -0.25) is 14.3 Å². The zero-order valence-corrected chi connectivity index (χ0v) is 20.3. The van der Waals surface area contributed by atoms with Crippen LogP contribution in [0.2, 0.25) is 0 Å². The number of nitrogens with zero attached hydrogens (tertiary/aromatic N) is 5. The Bertz CT molecular complexity index is 1550. The van der Waals surface area contributed by atoms with Crippen molar-refractivity contribution in [1.29, 1.82) is 0 Å². The predicted molar refractivity (Wildman–Crippen MR) is 144 cm³/mol. The van der Waals surface area contributed by atoms with Crippen LogP contribution in [0.4, 0.5) is 5.82 Å². The number of fused-ring (bicyclic) bond motifs is 2. The van der Waals surface area contributed by atoms with Crippen LogP contribution in [0.1, 0.15) is 33.2 Å². The van der Waals surface area contributed by atoms with Gasteiger partial charge in [0.25, 0.3) is 6.47 Å². The molecule has 1 fully saturated rings. The fraction of sp³-hybridized carbons (Fsp3) is 0.269. The number of anilines is 1. The third kappa shape index (κ3) is 4.90. The molecule has 0 radical (unpaired) electrons. The van der Waals surface area contributed by atoms with E-state index in [1.54, 1.807) is 13.1 Å². The highest BCUT2D eigenvalue weighted by Gasteiger charge is 2.23. The van der Waals surface area contributed by atoms with Gasteiger partial charge in [-0.1, -0.05) is 19.6 Å². The van der Waals surface area contributed by atoms with Crippen LogP contribution in [-0.2, 0) is 9.59 Å². The Hall–Kier alpha value is -4.25. The van der Waals surface area contributed by atoms with E-state index in [-0.39, 0.29) is 25.8 Å². The molecule has 1 aromatic carbocycles. The fourth-order valence-corrected chi connectivity index (χ4v) is 5.31. The number of furan rings is 1. The summed E-state index contributed by atoms with van der Waals surface area (Å²) in [5, 5.41) is 13.5. The van der Waals surface area contributed by atoms with Crippen molar-refractivity contribution in [1.82, 2.24) is 24.0 Å². The van der Waals surface area contributed by atoms with Crippen molar-refractivity contribution in [2.24, 2.45) is 0 Å². The van der Waals surface area contributed by atoms with Crippen LogP contribution in [0.3, 0.4) is 0 Å². The molecule has 10 nitrogen and oxygen atoms in total. The van der Waals surface area contributed by atoms with E-state index >= 15 is 0 Å². The zero-order chi connectivity index (χ0) is 25.2. The predicted octanol–water partition coefficient (Wildman–Crippen LogP) is 5.07. The highest BCUT2D eigenvalue weighted by molar-refractivity contribution is 7.13. The quantitative estimate of drug-likeness (QED) is 0.314. The minimum Gasteiger partial charge on any atom is -0.483 e. The lowest BCUT2D eigenvalue weighted by molar-refractivity contribution is -0.130. The summed E-state index contributed by atoms with van der Waals surface area (Å²) in [6.07, 6.45) is 9.35. The lowest BCUT2D eigenvalue weighted by Crippen LogP contribution is -2.37. The summed E-state index contributed by atoms with van der Waals surface area (Å²) < 4.78 is 13.6. The van der Waals surface area contributed by atoms with Gasteiger partial charge in [0.05, 0.1) is 16.9 Å². The molecule has 3 N–H and O–H groups in total. The Kier molecular flexibility index (Phi) is 7.53. The van der Waals surface area contributed by atoms with Crippen molar-refractivity contribution in [3.8, 4) is 22.5 Å². The van der Waals surface area contributed by atoms with Gasteiger partial charge in [0.15, 0.2) is 11.4 Å². The molecule has 37 heavy (non-hydrogen) atoms. The number of aromatic nitrogens is 4. The maximum absolute atomic E-state index is 11.6. The first-order valence-electron chi connectivity index (χ1n) is 11.4. The molecule has 0 saturated carbocycles. The Morgan fingerprint density at radius 3 is 2.68 bits per heavy atom. The largest absolute Gasteiger partial charge is 0.483 e. The highest BCUT2D eigenvalue weighted by atomic mass is 32.1. The van der Waals surface area contributed by atoms with Crippen LogP contribution in [0.5, 0.6) is 0 Å². The van der Waals surface area contributed by atoms with E-state index in [1.807, 2.05) is 40.2 Å². The number of benzene rings is 1. The number of likely N-dealkylation sites (tertiary alicyclic amines) is 1. The normalized spacial score (nSPS) is 13.7. The third-order valence-corrected chi connectivity index (χ3v) is 7.21. The van der Waals surface area contributed by atoms with Crippen LogP contribution in [0, 0.1) is 0 Å². The molecule has 4 aromatic heterocycles. The molecule has 6 rings (SSSR count). The monoisotopic (exact) mass is 520 g/mol. The smallest absolute Gasteiger partial charge is 0.290 e. The standard InChI is InChI=1S/C24H22N6O2S.CH2O2.CH4/c1-14(31)29-7-5-16(6-8-29)30-13-15(10-27-30)19-11-26-24(25)23-18(19)9-21(32-23)17-3-2-4-22-20(17)12-28-33-22;2-1-3;/h2-4,9-13,16H,5-8H2,1H3,(H2,25,26);1H,(H,2,3);1H4. The average Bonchev–Trinajstić information content (AvgIpc) is 3.64. The van der Waals surface area contributed by atoms with Crippen molar-refractivity contribution in [2.45, 2.75) is 33.2 Å². The number of nitrogen functional groups attached to an aromatic ring is 1. The number of carbonyl (C=O) groups is 2. The molecule has 5 heterocycles. The van der Waals surface area contributed by atoms with Gasteiger partial charge in [-0.2, -0.15) is 9.47 Å². The molecule has 0 bridgehead atoms. The number of hydrogen-bond donors (Lipinski definition) is 2. The number of amides is 1. The molecule has 0 aliphatic carbocycles. The van der Waals surface area contributed by atoms with Gasteiger partial charge in [0.1, 0.15) is 5.76 Å². The molecule has 1 amide bonds. The first kappa shape index (κ1) is 25.8. The average molecular weight is 521 g/mol. The van der Waals surface area contributed by atoms with Gasteiger partial charge < -0.3 is 20.2 Å². The number of carbonyl (C=O) groups excluding carboxylic acids is 1. The summed E-state index contributed by atoms with van der Waals surface area (Å²) in [6, 6.07) is 8.39. The summed E-state index contributed by atoms with van der Waals surface area (Å²) in [7, 11) is 0. The summed E-state index contributed by atoms with van der Waals surface area (Å²) in [6.45, 7) is 2.90. The van der Waals surface area contributed by atoms with E-state index in [1.165, 1.54) is 11.5 Å². The second kappa shape index (κ2) is 10.8. The van der Waals surface area contributed by atoms with Crippen molar-refractivity contribution in [3.05, 3.63) is 49.1 Å². The van der Waals surface area contributed by atoms with Gasteiger partial charge in [0.2, 0.25) is 5.91 Å². The molecule has 5 aromatic rings. The van der Waals surface area contributed by atoms with Crippen molar-refractivity contribution in [3.63, 3.8) is 0 Å². The first-order valence-corrected chi connectivity index (χ1v) is 12.2. The van der Waals surface area contributed by atoms with Crippen molar-refractivity contribution >= 4 is 50.8 Å².